The molecule has 3 rings (SSSR count). The topological polar surface area (TPSA) is 23.1 Å². The minimum absolute atomic E-state index is 0.471. The minimum atomic E-state index is -2.44. The molecule has 1 aromatic carbocycles. The number of hydrogen-bond donors (Lipinski definition) is 0. The maximum absolute atomic E-state index is 13.2. The van der Waals surface area contributed by atoms with E-state index in [-0.39, 0.29) is 0 Å². The van der Waals surface area contributed by atoms with Gasteiger partial charge in [0.05, 0.1) is 0 Å². The first-order valence-corrected chi connectivity index (χ1v) is 7.45. The van der Waals surface area contributed by atoms with E-state index in [0.29, 0.717) is 12.1 Å². The van der Waals surface area contributed by atoms with Crippen molar-refractivity contribution < 1.29 is 4.57 Å². The molecule has 2 saturated heterocycles. The minimum Gasteiger partial charge on any atom is -0.283 e. The maximum atomic E-state index is 13.2. The molecule has 4 heteroatoms. The van der Waals surface area contributed by atoms with E-state index >= 15 is 0 Å². The summed E-state index contributed by atoms with van der Waals surface area (Å²) in [6, 6.07) is 10.9. The predicted octanol–water partition coefficient (Wildman–Crippen LogP) is 1.91. The van der Waals surface area contributed by atoms with Gasteiger partial charge in [-0.2, -0.15) is 0 Å². The second kappa shape index (κ2) is 3.43. The van der Waals surface area contributed by atoms with Crippen LogP contribution in [0.25, 0.3) is 0 Å². The molecule has 5 atom stereocenters. The first-order chi connectivity index (χ1) is 7.64. The molecule has 2 aliphatic rings. The second-order valence-corrected chi connectivity index (χ2v) is 7.45. The van der Waals surface area contributed by atoms with Gasteiger partial charge in [0.25, 0.3) is 0 Å². The quantitative estimate of drug-likeness (QED) is 0.591. The van der Waals surface area contributed by atoms with Gasteiger partial charge < -0.3 is 0 Å². The van der Waals surface area contributed by atoms with Crippen LogP contribution in [0.2, 0.25) is 0 Å². The third-order valence-corrected chi connectivity index (χ3v) is 6.92. The molecule has 16 heavy (non-hydrogen) atoms. The SMILES string of the molecule is C[C@@H]1CN1P(=O)(c1ccccc1)N1C[C@@H]1C. The third kappa shape index (κ3) is 1.46. The summed E-state index contributed by atoms with van der Waals surface area (Å²) >= 11 is 0. The largest absolute Gasteiger partial charge is 0.283 e. The summed E-state index contributed by atoms with van der Waals surface area (Å²) in [5.41, 5.74) is 0. The lowest BCUT2D eigenvalue weighted by molar-refractivity contribution is 0.516. The zero-order chi connectivity index (χ0) is 11.3. The Morgan fingerprint density at radius 3 is 1.88 bits per heavy atom. The number of hydrogen-bond acceptors (Lipinski definition) is 1. The molecule has 1 aromatic rings. The van der Waals surface area contributed by atoms with E-state index in [1.54, 1.807) is 0 Å². The van der Waals surface area contributed by atoms with Crippen molar-refractivity contribution >= 4 is 12.7 Å². The monoisotopic (exact) mass is 236 g/mol. The molecule has 2 fully saturated rings. The molecule has 3 unspecified atom stereocenters. The molecule has 0 N–H and O–H groups in total. The molecule has 2 aliphatic heterocycles. The van der Waals surface area contributed by atoms with Crippen LogP contribution in [-0.4, -0.2) is 34.5 Å². The predicted molar refractivity (Wildman–Crippen MR) is 66.0 cm³/mol. The van der Waals surface area contributed by atoms with Crippen LogP contribution >= 0.6 is 7.44 Å². The van der Waals surface area contributed by atoms with Crippen LogP contribution in [0.4, 0.5) is 0 Å². The highest BCUT2D eigenvalue weighted by atomic mass is 31.2. The Hall–Kier alpha value is -0.630. The maximum Gasteiger partial charge on any atom is 0.246 e. The zero-order valence-electron chi connectivity index (χ0n) is 9.71. The van der Waals surface area contributed by atoms with Crippen molar-refractivity contribution in [3.8, 4) is 0 Å². The van der Waals surface area contributed by atoms with Crippen LogP contribution in [0.15, 0.2) is 30.3 Å². The number of rotatable bonds is 3. The Labute approximate surface area is 96.5 Å². The van der Waals surface area contributed by atoms with Gasteiger partial charge in [0.1, 0.15) is 0 Å². The molecule has 0 amide bonds. The van der Waals surface area contributed by atoms with Crippen LogP contribution in [-0.2, 0) is 4.57 Å². The Morgan fingerprint density at radius 2 is 1.50 bits per heavy atom. The summed E-state index contributed by atoms with van der Waals surface area (Å²) in [6.45, 7) is 6.22. The summed E-state index contributed by atoms with van der Waals surface area (Å²) in [5.74, 6) is 0. The highest BCUT2D eigenvalue weighted by Crippen LogP contribution is 2.63. The van der Waals surface area contributed by atoms with Gasteiger partial charge in [-0.15, -0.1) is 0 Å². The van der Waals surface area contributed by atoms with Gasteiger partial charge in [0.2, 0.25) is 7.44 Å². The summed E-state index contributed by atoms with van der Waals surface area (Å²) < 4.78 is 17.5. The molecule has 0 aromatic heterocycles. The molecule has 2 heterocycles. The van der Waals surface area contributed by atoms with E-state index in [1.165, 1.54) is 0 Å². The second-order valence-electron chi connectivity index (χ2n) is 4.82. The smallest absolute Gasteiger partial charge is 0.246 e. The number of benzene rings is 1. The molecule has 0 saturated carbocycles. The van der Waals surface area contributed by atoms with Gasteiger partial charge in [0, 0.05) is 30.5 Å². The van der Waals surface area contributed by atoms with Crippen molar-refractivity contribution in [2.75, 3.05) is 13.1 Å². The Morgan fingerprint density at radius 1 is 1.06 bits per heavy atom. The first kappa shape index (κ1) is 10.5. The average Bonchev–Trinajstić information content (AvgIpc) is 3.18. The van der Waals surface area contributed by atoms with Crippen LogP contribution in [0.1, 0.15) is 13.8 Å². The normalized spacial score (nSPS) is 40.1. The Balaban J connectivity index is 2.00. The van der Waals surface area contributed by atoms with Crippen molar-refractivity contribution in [3.63, 3.8) is 0 Å². The fourth-order valence-electron chi connectivity index (χ4n) is 2.27. The summed E-state index contributed by atoms with van der Waals surface area (Å²) in [6.07, 6.45) is 0. The fourth-order valence-corrected chi connectivity index (χ4v) is 5.70. The Kier molecular flexibility index (Phi) is 2.25. The van der Waals surface area contributed by atoms with Gasteiger partial charge in [-0.05, 0) is 26.0 Å². The van der Waals surface area contributed by atoms with Crippen molar-refractivity contribution in [2.45, 2.75) is 25.9 Å². The van der Waals surface area contributed by atoms with Crippen LogP contribution < -0.4 is 5.30 Å². The number of nitrogens with zero attached hydrogens (tertiary/aromatic N) is 2. The van der Waals surface area contributed by atoms with Gasteiger partial charge in [-0.1, -0.05) is 18.2 Å². The van der Waals surface area contributed by atoms with E-state index in [4.69, 9.17) is 0 Å². The van der Waals surface area contributed by atoms with Crippen molar-refractivity contribution in [1.29, 1.82) is 0 Å². The molecule has 0 radical (unpaired) electrons. The molecular weight excluding hydrogens is 219 g/mol. The van der Waals surface area contributed by atoms with Gasteiger partial charge >= 0.3 is 0 Å². The molecule has 86 valence electrons. The van der Waals surface area contributed by atoms with E-state index in [0.717, 1.165) is 18.4 Å². The fraction of sp³-hybridized carbons (Fsp3) is 0.500. The van der Waals surface area contributed by atoms with Crippen LogP contribution in [0.5, 0.6) is 0 Å². The van der Waals surface area contributed by atoms with Gasteiger partial charge in [-0.25, -0.2) is 9.34 Å². The molecule has 0 spiro atoms. The molecule has 0 aliphatic carbocycles. The molecule has 3 nitrogen and oxygen atoms in total. The van der Waals surface area contributed by atoms with Crippen LogP contribution in [0.3, 0.4) is 0 Å². The lowest BCUT2D eigenvalue weighted by atomic mass is 10.4. The van der Waals surface area contributed by atoms with Gasteiger partial charge in [0.15, 0.2) is 0 Å². The summed E-state index contributed by atoms with van der Waals surface area (Å²) in [4.78, 5) is 0. The van der Waals surface area contributed by atoms with Crippen LogP contribution in [0, 0.1) is 0 Å². The van der Waals surface area contributed by atoms with E-state index in [9.17, 15) is 4.57 Å². The summed E-state index contributed by atoms with van der Waals surface area (Å²) in [7, 11) is -2.44. The standard InChI is InChI=1S/C12H17N2OP/c1-10-8-13(10)16(15,14-9-11(14)2)12-6-4-3-5-7-12/h3-7,10-11H,8-9H2,1-2H3/t10-,11+,13?,14?,16?. The van der Waals surface area contributed by atoms with Gasteiger partial charge in [-0.3, -0.25) is 4.57 Å². The summed E-state index contributed by atoms with van der Waals surface area (Å²) in [5, 5.41) is 0.990. The molecule has 0 bridgehead atoms. The zero-order valence-corrected chi connectivity index (χ0v) is 10.6. The van der Waals surface area contributed by atoms with Crippen molar-refractivity contribution in [2.24, 2.45) is 0 Å². The highest BCUT2D eigenvalue weighted by Gasteiger charge is 2.55. The lowest BCUT2D eigenvalue weighted by Crippen LogP contribution is -2.19. The third-order valence-electron chi connectivity index (χ3n) is 3.44. The Bertz CT molecular complexity index is 428. The van der Waals surface area contributed by atoms with E-state index in [1.807, 2.05) is 30.3 Å². The van der Waals surface area contributed by atoms with Crippen molar-refractivity contribution in [3.05, 3.63) is 30.3 Å². The first-order valence-electron chi connectivity index (χ1n) is 5.84. The molecular formula is C12H17N2OP. The lowest BCUT2D eigenvalue weighted by Gasteiger charge is -2.21. The average molecular weight is 236 g/mol. The highest BCUT2D eigenvalue weighted by molar-refractivity contribution is 7.67. The van der Waals surface area contributed by atoms with E-state index < -0.39 is 7.44 Å². The van der Waals surface area contributed by atoms with Crippen molar-refractivity contribution in [1.82, 2.24) is 9.34 Å². The van der Waals surface area contributed by atoms with E-state index in [2.05, 4.69) is 23.2 Å².